The molecule has 3 aromatic carbocycles. The van der Waals surface area contributed by atoms with E-state index in [0.717, 1.165) is 16.4 Å². The van der Waals surface area contributed by atoms with Crippen molar-refractivity contribution in [2.45, 2.75) is 24.4 Å². The van der Waals surface area contributed by atoms with Crippen LogP contribution in [0.4, 0.5) is 10.1 Å². The van der Waals surface area contributed by atoms with Crippen molar-refractivity contribution in [3.05, 3.63) is 78.1 Å². The largest absolute Gasteiger partial charge is 0.497 e. The summed E-state index contributed by atoms with van der Waals surface area (Å²) in [5.74, 6) is -0.432. The summed E-state index contributed by atoms with van der Waals surface area (Å²) in [5.41, 5.74) is 0.741. The summed E-state index contributed by atoms with van der Waals surface area (Å²) in [6.07, 6.45) is 0. The van der Waals surface area contributed by atoms with Gasteiger partial charge >= 0.3 is 0 Å². The summed E-state index contributed by atoms with van der Waals surface area (Å²) in [7, 11) is -1.40. The minimum atomic E-state index is -4.36. The molecule has 12 heteroatoms. The molecule has 0 saturated heterocycles. The second kappa shape index (κ2) is 12.2. The second-order valence-electron chi connectivity index (χ2n) is 8.96. The van der Waals surface area contributed by atoms with Gasteiger partial charge in [-0.1, -0.05) is 12.1 Å². The van der Waals surface area contributed by atoms with Crippen LogP contribution in [0.2, 0.25) is 0 Å². The van der Waals surface area contributed by atoms with Crippen LogP contribution in [0.3, 0.4) is 0 Å². The van der Waals surface area contributed by atoms with Gasteiger partial charge in [-0.05, 0) is 61.0 Å². The number of likely N-dealkylation sites (N-methyl/N-ethyl adjacent to an activating group) is 1. The fourth-order valence-corrected chi connectivity index (χ4v) is 5.64. The number of hydrogen-bond acceptors (Lipinski definition) is 7. The molecule has 1 heterocycles. The van der Waals surface area contributed by atoms with Crippen molar-refractivity contribution in [2.24, 2.45) is 0 Å². The molecular formula is C28H30FN3O7S. The Hall–Kier alpha value is -4.32. The molecule has 0 fully saturated rings. The summed E-state index contributed by atoms with van der Waals surface area (Å²) in [4.78, 5) is 27.5. The van der Waals surface area contributed by atoms with Gasteiger partial charge in [-0.3, -0.25) is 13.9 Å². The zero-order chi connectivity index (χ0) is 28.9. The molecule has 1 atom stereocenters. The summed E-state index contributed by atoms with van der Waals surface area (Å²) >= 11 is 0. The number of ether oxygens (including phenoxy) is 3. The van der Waals surface area contributed by atoms with Crippen LogP contribution in [0.1, 0.15) is 12.5 Å². The molecule has 0 radical (unpaired) electrons. The molecule has 10 nitrogen and oxygen atoms in total. The third-order valence-electron chi connectivity index (χ3n) is 6.40. The fraction of sp³-hybridized carbons (Fsp3) is 0.286. The van der Waals surface area contributed by atoms with Crippen LogP contribution in [0.15, 0.2) is 71.6 Å². The number of hydrogen-bond donors (Lipinski definition) is 1. The third kappa shape index (κ3) is 6.28. The second-order valence-corrected chi connectivity index (χ2v) is 10.8. The number of nitrogens with one attached hydrogen (secondary N) is 1. The summed E-state index contributed by atoms with van der Waals surface area (Å²) in [6, 6.07) is 15.0. The molecule has 3 aromatic rings. The lowest BCUT2D eigenvalue weighted by Crippen LogP contribution is -2.50. The normalized spacial score (nSPS) is 13.2. The molecule has 1 aliphatic rings. The maximum Gasteiger partial charge on any atom is 0.264 e. The average molecular weight is 572 g/mol. The number of amides is 2. The molecule has 4 rings (SSSR count). The number of fused-ring (bicyclic) bond motifs is 1. The van der Waals surface area contributed by atoms with Crippen molar-refractivity contribution in [3.8, 4) is 17.2 Å². The van der Waals surface area contributed by atoms with Crippen molar-refractivity contribution < 1.29 is 36.6 Å². The number of nitrogens with zero attached hydrogens (tertiary/aromatic N) is 2. The van der Waals surface area contributed by atoms with Gasteiger partial charge in [0.2, 0.25) is 11.8 Å². The monoisotopic (exact) mass is 571 g/mol. The average Bonchev–Trinajstić information content (AvgIpc) is 2.98. The summed E-state index contributed by atoms with van der Waals surface area (Å²) in [5, 5.41) is 2.53. The highest BCUT2D eigenvalue weighted by Gasteiger charge is 2.33. The van der Waals surface area contributed by atoms with Crippen molar-refractivity contribution in [1.29, 1.82) is 0 Å². The number of halogens is 1. The van der Waals surface area contributed by atoms with Gasteiger partial charge in [0.25, 0.3) is 10.0 Å². The van der Waals surface area contributed by atoms with Crippen molar-refractivity contribution in [1.82, 2.24) is 10.2 Å². The molecule has 0 spiro atoms. The van der Waals surface area contributed by atoms with Gasteiger partial charge in [0.15, 0.2) is 11.5 Å². The van der Waals surface area contributed by atoms with E-state index in [0.29, 0.717) is 23.7 Å². The standard InChI is InChI=1S/C28H30FN3O7S/c1-19(28(34)30-2)31(17-20-5-4-6-23(15-20)37-3)27(33)18-32(22-9-7-21(29)8-10-22)40(35,36)24-11-12-25-26(16-24)39-14-13-38-25/h4-12,15-16,19H,13-14,17-18H2,1-3H3,(H,30,34). The van der Waals surface area contributed by atoms with E-state index in [1.165, 1.54) is 49.4 Å². The predicted octanol–water partition coefficient (Wildman–Crippen LogP) is 2.96. The number of methoxy groups -OCH3 is 1. The Morgan fingerprint density at radius 1 is 1.02 bits per heavy atom. The van der Waals surface area contributed by atoms with Crippen LogP contribution >= 0.6 is 0 Å². The Balaban J connectivity index is 1.72. The number of anilines is 1. The van der Waals surface area contributed by atoms with Crippen molar-refractivity contribution in [2.75, 3.05) is 38.2 Å². The maximum atomic E-state index is 13.9. The van der Waals surface area contributed by atoms with Crippen LogP contribution < -0.4 is 23.8 Å². The number of benzene rings is 3. The van der Waals surface area contributed by atoms with Gasteiger partial charge in [0.1, 0.15) is 37.4 Å². The summed E-state index contributed by atoms with van der Waals surface area (Å²) in [6.45, 7) is 1.49. The van der Waals surface area contributed by atoms with E-state index in [1.807, 2.05) is 0 Å². The Kier molecular flexibility index (Phi) is 8.78. The maximum absolute atomic E-state index is 13.9. The molecule has 1 aliphatic heterocycles. The van der Waals surface area contributed by atoms with E-state index in [-0.39, 0.29) is 29.5 Å². The van der Waals surface area contributed by atoms with Crippen LogP contribution in [0.25, 0.3) is 0 Å². The molecule has 0 aromatic heterocycles. The molecule has 212 valence electrons. The lowest BCUT2D eigenvalue weighted by molar-refractivity contribution is -0.139. The Bertz CT molecular complexity index is 1480. The first-order valence-electron chi connectivity index (χ1n) is 12.5. The molecule has 40 heavy (non-hydrogen) atoms. The van der Waals surface area contributed by atoms with E-state index in [2.05, 4.69) is 5.32 Å². The first-order valence-corrected chi connectivity index (χ1v) is 13.9. The molecule has 1 N–H and O–H groups in total. The lowest BCUT2D eigenvalue weighted by Gasteiger charge is -2.32. The first-order chi connectivity index (χ1) is 19.1. The lowest BCUT2D eigenvalue weighted by atomic mass is 10.1. The van der Waals surface area contributed by atoms with Gasteiger partial charge in [-0.2, -0.15) is 0 Å². The number of carbonyl (C=O) groups is 2. The van der Waals surface area contributed by atoms with Gasteiger partial charge in [-0.25, -0.2) is 12.8 Å². The Morgan fingerprint density at radius 3 is 2.40 bits per heavy atom. The quantitative estimate of drug-likeness (QED) is 0.398. The number of sulfonamides is 1. The minimum absolute atomic E-state index is 0.00590. The van der Waals surface area contributed by atoms with E-state index in [1.54, 1.807) is 31.2 Å². The van der Waals surface area contributed by atoms with Gasteiger partial charge in [0.05, 0.1) is 17.7 Å². The van der Waals surface area contributed by atoms with Crippen LogP contribution in [-0.4, -0.2) is 65.1 Å². The van der Waals surface area contributed by atoms with Crippen LogP contribution in [0.5, 0.6) is 17.2 Å². The first kappa shape index (κ1) is 28.7. The SMILES string of the molecule is CNC(=O)C(C)N(Cc1cccc(OC)c1)C(=O)CN(c1ccc(F)cc1)S(=O)(=O)c1ccc2c(c1)OCCO2. The fourth-order valence-electron chi connectivity index (χ4n) is 4.21. The highest BCUT2D eigenvalue weighted by molar-refractivity contribution is 7.92. The molecule has 0 bridgehead atoms. The Morgan fingerprint density at radius 2 is 1.73 bits per heavy atom. The van der Waals surface area contributed by atoms with E-state index in [4.69, 9.17) is 14.2 Å². The van der Waals surface area contributed by atoms with E-state index in [9.17, 15) is 22.4 Å². The van der Waals surface area contributed by atoms with Crippen LogP contribution in [-0.2, 0) is 26.2 Å². The topological polar surface area (TPSA) is 114 Å². The molecular weight excluding hydrogens is 541 g/mol. The van der Waals surface area contributed by atoms with Gasteiger partial charge < -0.3 is 24.4 Å². The molecule has 0 saturated carbocycles. The van der Waals surface area contributed by atoms with Gasteiger partial charge in [-0.15, -0.1) is 0 Å². The predicted molar refractivity (Wildman–Crippen MR) is 145 cm³/mol. The van der Waals surface area contributed by atoms with Gasteiger partial charge in [0, 0.05) is 19.7 Å². The van der Waals surface area contributed by atoms with E-state index < -0.39 is 40.2 Å². The smallest absolute Gasteiger partial charge is 0.264 e. The summed E-state index contributed by atoms with van der Waals surface area (Å²) < 4.78 is 58.8. The minimum Gasteiger partial charge on any atom is -0.497 e. The number of rotatable bonds is 10. The zero-order valence-electron chi connectivity index (χ0n) is 22.3. The highest BCUT2D eigenvalue weighted by Crippen LogP contribution is 2.34. The Labute approximate surface area is 232 Å². The zero-order valence-corrected chi connectivity index (χ0v) is 23.1. The third-order valence-corrected chi connectivity index (χ3v) is 8.17. The van der Waals surface area contributed by atoms with E-state index >= 15 is 0 Å². The molecule has 2 amide bonds. The van der Waals surface area contributed by atoms with Crippen molar-refractivity contribution >= 4 is 27.5 Å². The number of carbonyl (C=O) groups excluding carboxylic acids is 2. The van der Waals surface area contributed by atoms with Crippen LogP contribution in [0, 0.1) is 5.82 Å². The van der Waals surface area contributed by atoms with Crippen molar-refractivity contribution in [3.63, 3.8) is 0 Å². The molecule has 0 aliphatic carbocycles. The molecule has 1 unspecified atom stereocenters. The highest BCUT2D eigenvalue weighted by atomic mass is 32.2.